The minimum atomic E-state index is -0.531. The molecule has 0 heterocycles. The number of carbonyl (C=O) groups is 1. The Morgan fingerprint density at radius 3 is 2.60 bits per heavy atom. The van der Waals surface area contributed by atoms with Crippen molar-refractivity contribution in [3.63, 3.8) is 0 Å². The Balaban J connectivity index is 2.75. The SMILES string of the molecule is CN(N=Cc1cccc(C=O)c1)[Si](C)C. The van der Waals surface area contributed by atoms with E-state index in [2.05, 4.69) is 18.2 Å². The van der Waals surface area contributed by atoms with Crippen LogP contribution >= 0.6 is 0 Å². The van der Waals surface area contributed by atoms with E-state index in [0.29, 0.717) is 5.56 Å². The molecule has 4 heteroatoms. The van der Waals surface area contributed by atoms with Gasteiger partial charge in [-0.05, 0) is 11.6 Å². The molecular weight excluding hydrogens is 204 g/mol. The molecule has 1 aromatic carbocycles. The number of rotatable bonds is 4. The average molecular weight is 219 g/mol. The van der Waals surface area contributed by atoms with Gasteiger partial charge >= 0.3 is 0 Å². The molecule has 1 rings (SSSR count). The van der Waals surface area contributed by atoms with Crippen molar-refractivity contribution < 1.29 is 4.79 Å². The molecule has 15 heavy (non-hydrogen) atoms. The second-order valence-electron chi connectivity index (χ2n) is 3.50. The van der Waals surface area contributed by atoms with Gasteiger partial charge in [0.15, 0.2) is 8.96 Å². The highest BCUT2D eigenvalue weighted by atomic mass is 28.3. The molecule has 0 aliphatic carbocycles. The minimum Gasteiger partial charge on any atom is -0.328 e. The maximum Gasteiger partial charge on any atom is 0.186 e. The summed E-state index contributed by atoms with van der Waals surface area (Å²) in [5.41, 5.74) is 1.63. The molecule has 0 amide bonds. The maximum atomic E-state index is 10.6. The molecule has 0 aliphatic rings. The van der Waals surface area contributed by atoms with Gasteiger partial charge in [-0.3, -0.25) is 4.79 Å². The molecule has 0 unspecified atom stereocenters. The fourth-order valence-electron chi connectivity index (χ4n) is 0.981. The number of carbonyl (C=O) groups excluding carboxylic acids is 1. The first-order valence-corrected chi connectivity index (χ1v) is 7.21. The van der Waals surface area contributed by atoms with Gasteiger partial charge in [0, 0.05) is 12.6 Å². The van der Waals surface area contributed by atoms with Crippen molar-refractivity contribution in [1.82, 2.24) is 4.67 Å². The molecule has 1 radical (unpaired) electrons. The van der Waals surface area contributed by atoms with E-state index >= 15 is 0 Å². The molecule has 1 aromatic rings. The summed E-state index contributed by atoms with van der Waals surface area (Å²) in [5, 5.41) is 4.31. The van der Waals surface area contributed by atoms with Crippen molar-refractivity contribution in [3.8, 4) is 0 Å². The lowest BCUT2D eigenvalue weighted by Gasteiger charge is -2.14. The zero-order valence-electron chi connectivity index (χ0n) is 9.27. The third-order valence-corrected chi connectivity index (χ3v) is 3.48. The smallest absolute Gasteiger partial charge is 0.186 e. The topological polar surface area (TPSA) is 32.7 Å². The van der Waals surface area contributed by atoms with E-state index in [1.54, 1.807) is 12.3 Å². The van der Waals surface area contributed by atoms with E-state index in [9.17, 15) is 4.79 Å². The first-order chi connectivity index (χ1) is 7.13. The predicted molar refractivity (Wildman–Crippen MR) is 64.7 cm³/mol. The second kappa shape index (κ2) is 5.46. The lowest BCUT2D eigenvalue weighted by atomic mass is 10.1. The van der Waals surface area contributed by atoms with Crippen LogP contribution in [0.5, 0.6) is 0 Å². The Kier molecular flexibility index (Phi) is 4.24. The Hall–Kier alpha value is -1.42. The molecule has 0 fully saturated rings. The van der Waals surface area contributed by atoms with Gasteiger partial charge in [0.1, 0.15) is 6.29 Å². The monoisotopic (exact) mass is 219 g/mol. The van der Waals surface area contributed by atoms with Crippen LogP contribution in [0.2, 0.25) is 13.1 Å². The summed E-state index contributed by atoms with van der Waals surface area (Å²) in [6.07, 6.45) is 2.63. The van der Waals surface area contributed by atoms with Crippen LogP contribution in [0, 0.1) is 0 Å². The van der Waals surface area contributed by atoms with Crippen molar-refractivity contribution in [2.75, 3.05) is 7.05 Å². The molecule has 3 nitrogen and oxygen atoms in total. The van der Waals surface area contributed by atoms with Gasteiger partial charge < -0.3 is 4.67 Å². The summed E-state index contributed by atoms with van der Waals surface area (Å²) in [6, 6.07) is 7.39. The highest BCUT2D eigenvalue weighted by Gasteiger charge is 2.00. The van der Waals surface area contributed by atoms with Crippen LogP contribution in [0.1, 0.15) is 15.9 Å². The van der Waals surface area contributed by atoms with Crippen LogP contribution in [0.3, 0.4) is 0 Å². The van der Waals surface area contributed by atoms with Crippen LogP contribution in [0.25, 0.3) is 0 Å². The van der Waals surface area contributed by atoms with E-state index in [0.717, 1.165) is 11.8 Å². The van der Waals surface area contributed by atoms with Crippen LogP contribution in [0.15, 0.2) is 29.4 Å². The molecule has 0 aromatic heterocycles. The van der Waals surface area contributed by atoms with Gasteiger partial charge in [-0.1, -0.05) is 31.3 Å². The van der Waals surface area contributed by atoms with Gasteiger partial charge in [0.2, 0.25) is 0 Å². The lowest BCUT2D eigenvalue weighted by Crippen LogP contribution is -2.24. The van der Waals surface area contributed by atoms with Gasteiger partial charge in [0.05, 0.1) is 6.21 Å². The number of hydrogen-bond donors (Lipinski definition) is 0. The normalized spacial score (nSPS) is 10.9. The van der Waals surface area contributed by atoms with Gasteiger partial charge in [0.25, 0.3) is 0 Å². The number of hydrazone groups is 1. The number of aldehydes is 1. The Morgan fingerprint density at radius 1 is 1.33 bits per heavy atom. The standard InChI is InChI=1S/C11H15N2OSi/c1-13(15(2)3)12-8-10-5-4-6-11(7-10)9-14/h4-9H,1-3H3. The van der Waals surface area contributed by atoms with E-state index in [4.69, 9.17) is 0 Å². The molecule has 0 spiro atoms. The highest BCUT2D eigenvalue weighted by molar-refractivity contribution is 6.52. The zero-order valence-corrected chi connectivity index (χ0v) is 10.3. The minimum absolute atomic E-state index is 0.531. The molecule has 0 saturated heterocycles. The number of hydrogen-bond acceptors (Lipinski definition) is 3. The first-order valence-electron chi connectivity index (χ1n) is 4.76. The number of benzene rings is 1. The third-order valence-electron chi connectivity index (χ3n) is 2.07. The van der Waals surface area contributed by atoms with Crippen molar-refractivity contribution in [3.05, 3.63) is 35.4 Å². The lowest BCUT2D eigenvalue weighted by molar-refractivity contribution is 0.112. The molecule has 0 saturated carbocycles. The summed E-state index contributed by atoms with van der Waals surface area (Å²) in [4.78, 5) is 10.6. The van der Waals surface area contributed by atoms with E-state index < -0.39 is 8.96 Å². The van der Waals surface area contributed by atoms with Crippen molar-refractivity contribution in [2.45, 2.75) is 13.1 Å². The van der Waals surface area contributed by atoms with Gasteiger partial charge in [-0.25, -0.2) is 0 Å². The number of nitrogens with zero attached hydrogens (tertiary/aromatic N) is 2. The molecule has 79 valence electrons. The fourth-order valence-corrected chi connectivity index (χ4v) is 1.27. The summed E-state index contributed by atoms with van der Waals surface area (Å²) < 4.78 is 1.97. The fraction of sp³-hybridized carbons (Fsp3) is 0.273. The quantitative estimate of drug-likeness (QED) is 0.336. The zero-order chi connectivity index (χ0) is 11.3. The first kappa shape index (κ1) is 11.7. The summed E-state index contributed by atoms with van der Waals surface area (Å²) >= 11 is 0. The summed E-state index contributed by atoms with van der Waals surface area (Å²) in [5.74, 6) is 0. The molecule has 0 N–H and O–H groups in total. The Morgan fingerprint density at radius 2 is 2.00 bits per heavy atom. The third kappa shape index (κ3) is 3.67. The second-order valence-corrected chi connectivity index (χ2v) is 6.05. The van der Waals surface area contributed by atoms with Gasteiger partial charge in [-0.15, -0.1) is 0 Å². The Labute approximate surface area is 92.1 Å². The van der Waals surface area contributed by atoms with E-state index in [-0.39, 0.29) is 0 Å². The van der Waals surface area contributed by atoms with Crippen LogP contribution < -0.4 is 0 Å². The summed E-state index contributed by atoms with van der Waals surface area (Å²) in [6.45, 7) is 4.34. The predicted octanol–water partition coefficient (Wildman–Crippen LogP) is 2.02. The molecular formula is C11H15N2OSi. The van der Waals surface area contributed by atoms with E-state index in [1.807, 2.05) is 29.9 Å². The van der Waals surface area contributed by atoms with Crippen molar-refractivity contribution in [2.24, 2.45) is 5.10 Å². The van der Waals surface area contributed by atoms with Crippen LogP contribution in [-0.2, 0) is 0 Å². The largest absolute Gasteiger partial charge is 0.328 e. The molecule has 0 atom stereocenters. The average Bonchev–Trinajstić information content (AvgIpc) is 2.26. The Bertz CT molecular complexity index is 363. The van der Waals surface area contributed by atoms with Crippen LogP contribution in [-0.4, -0.2) is 33.2 Å². The summed E-state index contributed by atoms with van der Waals surface area (Å²) in [7, 11) is 1.44. The van der Waals surface area contributed by atoms with Crippen molar-refractivity contribution >= 4 is 21.5 Å². The van der Waals surface area contributed by atoms with Crippen molar-refractivity contribution in [1.29, 1.82) is 0 Å². The van der Waals surface area contributed by atoms with Crippen LogP contribution in [0.4, 0.5) is 0 Å². The molecule has 0 bridgehead atoms. The highest BCUT2D eigenvalue weighted by Crippen LogP contribution is 2.01. The molecule has 0 aliphatic heterocycles. The van der Waals surface area contributed by atoms with E-state index in [1.165, 1.54) is 0 Å². The van der Waals surface area contributed by atoms with Gasteiger partial charge in [-0.2, -0.15) is 5.10 Å². The maximum absolute atomic E-state index is 10.6.